The van der Waals surface area contributed by atoms with Crippen molar-refractivity contribution in [2.75, 3.05) is 7.11 Å². The van der Waals surface area contributed by atoms with Gasteiger partial charge < -0.3 is 18.8 Å². The molecule has 0 aromatic heterocycles. The molecule has 4 atom stereocenters. The van der Waals surface area contributed by atoms with Crippen molar-refractivity contribution in [3.8, 4) is 0 Å². The van der Waals surface area contributed by atoms with Gasteiger partial charge in [-0.2, -0.15) is 8.78 Å². The lowest BCUT2D eigenvalue weighted by Crippen LogP contribution is -2.43. The molecule has 2 saturated heterocycles. The molecule has 0 saturated carbocycles. The van der Waals surface area contributed by atoms with Crippen molar-refractivity contribution >= 4 is 22.1 Å². The second kappa shape index (κ2) is 8.40. The third-order valence-corrected chi connectivity index (χ3v) is 5.04. The van der Waals surface area contributed by atoms with E-state index in [1.807, 2.05) is 0 Å². The summed E-state index contributed by atoms with van der Waals surface area (Å²) < 4.78 is 71.6. The topological polar surface area (TPSA) is 119 Å². The van der Waals surface area contributed by atoms with E-state index in [0.29, 0.717) is 25.3 Å². The molecule has 8 nitrogen and oxygen atoms in total. The van der Waals surface area contributed by atoms with Crippen LogP contribution in [0.1, 0.15) is 33.1 Å². The number of hydrogen-bond acceptors (Lipinski definition) is 8. The van der Waals surface area contributed by atoms with Gasteiger partial charge in [0.25, 0.3) is 0 Å². The average molecular weight is 399 g/mol. The van der Waals surface area contributed by atoms with Crippen LogP contribution in [-0.2, 0) is 33.9 Å². The second-order valence-electron chi connectivity index (χ2n) is 6.08. The third kappa shape index (κ3) is 5.21. The molecule has 2 aliphatic heterocycles. The monoisotopic (exact) mass is 399 g/mol. The Balaban J connectivity index is 0.000000412. The van der Waals surface area contributed by atoms with E-state index in [9.17, 15) is 31.3 Å². The lowest BCUT2D eigenvalue weighted by molar-refractivity contribution is -0.166. The van der Waals surface area contributed by atoms with Crippen molar-refractivity contribution in [1.82, 2.24) is 0 Å². The molecule has 26 heavy (non-hydrogen) atoms. The molecule has 0 amide bonds. The molecule has 0 aliphatic carbocycles. The quantitative estimate of drug-likeness (QED) is 0.386. The first-order valence-corrected chi connectivity index (χ1v) is 9.15. The molecule has 0 spiro atoms. The SMILES string of the molecule is C=C(C)C(=O)OC.CC(OC(=O)C1CC2CCC1O2)C(F)(F)S(=O)(=O)[O-]. The standard InChI is InChI=1S/C10H14F2O6S.C5H8O2/c1-5(10(11,12)19(14,15)16)17-9(13)7-4-6-2-3-8(7)18-6;1-4(2)5(6)7-3/h5-8H,2-4H2,1H3,(H,14,15,16);1H2,2-3H3/p-1. The number of rotatable bonds is 5. The van der Waals surface area contributed by atoms with Gasteiger partial charge in [-0.3, -0.25) is 4.79 Å². The summed E-state index contributed by atoms with van der Waals surface area (Å²) in [6.07, 6.45) is -0.902. The fraction of sp³-hybridized carbons (Fsp3) is 0.733. The molecule has 2 aliphatic rings. The number of alkyl halides is 2. The molecule has 150 valence electrons. The molecule has 2 heterocycles. The number of carbonyl (C=O) groups excluding carboxylic acids is 2. The first-order chi connectivity index (χ1) is 11.8. The molecule has 2 bridgehead atoms. The van der Waals surface area contributed by atoms with Gasteiger partial charge in [-0.25, -0.2) is 13.2 Å². The normalized spacial score (nSPS) is 25.7. The summed E-state index contributed by atoms with van der Waals surface area (Å²) in [6, 6.07) is 0. The first kappa shape index (κ1) is 22.5. The van der Waals surface area contributed by atoms with Gasteiger partial charge in [-0.15, -0.1) is 0 Å². The summed E-state index contributed by atoms with van der Waals surface area (Å²) in [5.41, 5.74) is 0.433. The van der Waals surface area contributed by atoms with Crippen molar-refractivity contribution in [2.24, 2.45) is 5.92 Å². The molecule has 0 radical (unpaired) electrons. The lowest BCUT2D eigenvalue weighted by atomic mass is 9.89. The molecule has 2 rings (SSSR count). The maximum absolute atomic E-state index is 13.2. The maximum Gasteiger partial charge on any atom is 0.369 e. The van der Waals surface area contributed by atoms with E-state index in [2.05, 4.69) is 16.1 Å². The number of methoxy groups -OCH3 is 1. The maximum atomic E-state index is 13.2. The minimum atomic E-state index is -5.87. The van der Waals surface area contributed by atoms with Gasteiger partial charge in [0, 0.05) is 5.57 Å². The van der Waals surface area contributed by atoms with Gasteiger partial charge in [-0.1, -0.05) is 6.58 Å². The van der Waals surface area contributed by atoms with Crippen molar-refractivity contribution < 1.29 is 45.6 Å². The Bertz CT molecular complexity index is 661. The van der Waals surface area contributed by atoms with Crippen LogP contribution in [-0.4, -0.2) is 55.6 Å². The van der Waals surface area contributed by atoms with Crippen molar-refractivity contribution in [1.29, 1.82) is 0 Å². The van der Waals surface area contributed by atoms with Crippen LogP contribution in [0.4, 0.5) is 8.78 Å². The zero-order valence-electron chi connectivity index (χ0n) is 14.6. The van der Waals surface area contributed by atoms with Crippen LogP contribution in [0.25, 0.3) is 0 Å². The second-order valence-corrected chi connectivity index (χ2v) is 7.54. The summed E-state index contributed by atoms with van der Waals surface area (Å²) >= 11 is 0. The predicted octanol–water partition coefficient (Wildman–Crippen LogP) is 1.36. The Hall–Kier alpha value is -1.59. The third-order valence-electron chi connectivity index (χ3n) is 4.04. The molecule has 0 N–H and O–H groups in total. The summed E-state index contributed by atoms with van der Waals surface area (Å²) in [4.78, 5) is 21.9. The van der Waals surface area contributed by atoms with Gasteiger partial charge in [0.2, 0.25) is 0 Å². The minimum Gasteiger partial charge on any atom is -0.743 e. The van der Waals surface area contributed by atoms with Gasteiger partial charge in [0.15, 0.2) is 16.2 Å². The molecular weight excluding hydrogens is 378 g/mol. The predicted molar refractivity (Wildman–Crippen MR) is 83.0 cm³/mol. The Kier molecular flexibility index (Phi) is 7.25. The largest absolute Gasteiger partial charge is 0.743 e. The Labute approximate surface area is 150 Å². The van der Waals surface area contributed by atoms with E-state index in [4.69, 9.17) is 4.74 Å². The van der Waals surface area contributed by atoms with Crippen LogP contribution in [0.15, 0.2) is 12.2 Å². The molecule has 2 fully saturated rings. The van der Waals surface area contributed by atoms with E-state index in [1.165, 1.54) is 7.11 Å². The van der Waals surface area contributed by atoms with Gasteiger partial charge >= 0.3 is 17.2 Å². The van der Waals surface area contributed by atoms with Crippen LogP contribution in [0, 0.1) is 5.92 Å². The number of ether oxygens (including phenoxy) is 3. The van der Waals surface area contributed by atoms with Gasteiger partial charge in [0.1, 0.15) is 0 Å². The van der Waals surface area contributed by atoms with Crippen LogP contribution in [0.3, 0.4) is 0 Å². The average Bonchev–Trinajstić information content (AvgIpc) is 3.16. The van der Waals surface area contributed by atoms with E-state index >= 15 is 0 Å². The van der Waals surface area contributed by atoms with E-state index < -0.39 is 33.4 Å². The number of carbonyl (C=O) groups is 2. The minimum absolute atomic E-state index is 0.0680. The molecule has 0 aromatic carbocycles. The van der Waals surface area contributed by atoms with Crippen LogP contribution in [0.5, 0.6) is 0 Å². The first-order valence-electron chi connectivity index (χ1n) is 7.74. The zero-order valence-corrected chi connectivity index (χ0v) is 15.4. The Morgan fingerprint density at radius 2 is 1.92 bits per heavy atom. The van der Waals surface area contributed by atoms with Crippen LogP contribution in [0.2, 0.25) is 0 Å². The van der Waals surface area contributed by atoms with Crippen molar-refractivity contribution in [2.45, 2.75) is 56.7 Å². The summed E-state index contributed by atoms with van der Waals surface area (Å²) in [5.74, 6) is -1.95. The van der Waals surface area contributed by atoms with Crippen molar-refractivity contribution in [3.05, 3.63) is 12.2 Å². The van der Waals surface area contributed by atoms with E-state index in [1.54, 1.807) is 6.92 Å². The van der Waals surface area contributed by atoms with Gasteiger partial charge in [-0.05, 0) is 33.1 Å². The highest BCUT2D eigenvalue weighted by Gasteiger charge is 2.50. The number of fused-ring (bicyclic) bond motifs is 2. The smallest absolute Gasteiger partial charge is 0.369 e. The number of halogens is 2. The van der Waals surface area contributed by atoms with Crippen molar-refractivity contribution in [3.63, 3.8) is 0 Å². The highest BCUT2D eigenvalue weighted by atomic mass is 32.2. The highest BCUT2D eigenvalue weighted by molar-refractivity contribution is 7.86. The number of esters is 2. The Morgan fingerprint density at radius 1 is 1.35 bits per heavy atom. The molecule has 11 heteroatoms. The number of hydrogen-bond donors (Lipinski definition) is 0. The summed E-state index contributed by atoms with van der Waals surface area (Å²) in [5, 5.41) is -4.64. The zero-order chi connectivity index (χ0) is 20.3. The summed E-state index contributed by atoms with van der Waals surface area (Å²) in [7, 11) is -4.54. The molecule has 4 unspecified atom stereocenters. The summed E-state index contributed by atoms with van der Waals surface area (Å²) in [6.45, 7) is 5.64. The van der Waals surface area contributed by atoms with Crippen LogP contribution < -0.4 is 0 Å². The fourth-order valence-electron chi connectivity index (χ4n) is 2.59. The lowest BCUT2D eigenvalue weighted by Gasteiger charge is -2.27. The molecule has 0 aromatic rings. The van der Waals surface area contributed by atoms with Gasteiger partial charge in [0.05, 0.1) is 25.2 Å². The van der Waals surface area contributed by atoms with E-state index in [-0.39, 0.29) is 18.2 Å². The van der Waals surface area contributed by atoms with E-state index in [0.717, 1.165) is 6.42 Å². The fourth-order valence-corrected chi connectivity index (χ4v) is 3.05. The highest BCUT2D eigenvalue weighted by Crippen LogP contribution is 2.40. The molecular formula is C15H21F2O8S-. The van der Waals surface area contributed by atoms with Crippen LogP contribution >= 0.6 is 0 Å². The Morgan fingerprint density at radius 3 is 2.23 bits per heavy atom.